The molecular formula is C20H23FN4O2S2. The second kappa shape index (κ2) is 6.87. The number of nitrogens with two attached hydrogens (primary N) is 1. The molecule has 0 unspecified atom stereocenters. The zero-order valence-electron chi connectivity index (χ0n) is 16.2. The predicted octanol–water partition coefficient (Wildman–Crippen LogP) is 3.40. The second-order valence-electron chi connectivity index (χ2n) is 8.06. The van der Waals surface area contributed by atoms with Crippen LogP contribution in [0.3, 0.4) is 0 Å². The number of carbonyl (C=O) groups is 1. The van der Waals surface area contributed by atoms with E-state index in [1.54, 1.807) is 0 Å². The monoisotopic (exact) mass is 434 g/mol. The maximum atomic E-state index is 14.9. The minimum absolute atomic E-state index is 0.126. The van der Waals surface area contributed by atoms with E-state index in [1.165, 1.54) is 11.1 Å². The van der Waals surface area contributed by atoms with Crippen molar-refractivity contribution in [2.24, 2.45) is 9.50 Å². The molecular weight excluding hydrogens is 411 g/mol. The summed E-state index contributed by atoms with van der Waals surface area (Å²) in [4.78, 5) is 15.5. The highest BCUT2D eigenvalue weighted by atomic mass is 32.2. The van der Waals surface area contributed by atoms with Gasteiger partial charge in [0.2, 0.25) is 0 Å². The van der Waals surface area contributed by atoms with Crippen molar-refractivity contribution < 1.29 is 13.4 Å². The van der Waals surface area contributed by atoms with Gasteiger partial charge in [0.05, 0.1) is 0 Å². The van der Waals surface area contributed by atoms with Crippen molar-refractivity contribution in [1.82, 2.24) is 4.90 Å². The molecule has 3 aliphatic rings. The Balaban J connectivity index is 1.47. The van der Waals surface area contributed by atoms with Gasteiger partial charge < -0.3 is 10.2 Å². The lowest BCUT2D eigenvalue weighted by atomic mass is 9.83. The van der Waals surface area contributed by atoms with Crippen LogP contribution in [0.25, 0.3) is 0 Å². The molecule has 0 radical (unpaired) electrons. The van der Waals surface area contributed by atoms with Crippen molar-refractivity contribution in [3.05, 3.63) is 44.6 Å². The first-order valence-electron chi connectivity index (χ1n) is 9.84. The molecule has 0 fully saturated rings. The second-order valence-corrected chi connectivity index (χ2v) is 11.2. The van der Waals surface area contributed by atoms with Gasteiger partial charge in [-0.1, -0.05) is 6.07 Å². The number of amides is 2. The van der Waals surface area contributed by atoms with E-state index < -0.39 is 21.8 Å². The van der Waals surface area contributed by atoms with E-state index in [-0.39, 0.29) is 4.21 Å². The van der Waals surface area contributed by atoms with Crippen LogP contribution in [0.2, 0.25) is 0 Å². The lowest BCUT2D eigenvalue weighted by Crippen LogP contribution is -2.26. The summed E-state index contributed by atoms with van der Waals surface area (Å²) < 4.78 is 31.5. The number of likely N-dealkylation sites (N-methyl/N-ethyl adjacent to an activating group) is 1. The average molecular weight is 435 g/mol. The smallest absolute Gasteiger partial charge is 0.305 e. The van der Waals surface area contributed by atoms with Crippen molar-refractivity contribution in [2.75, 3.05) is 18.9 Å². The summed E-state index contributed by atoms with van der Waals surface area (Å²) >= 11 is 1.08. The molecule has 2 aliphatic carbocycles. The van der Waals surface area contributed by atoms with Crippen molar-refractivity contribution in [2.45, 2.75) is 49.3 Å². The van der Waals surface area contributed by atoms with Gasteiger partial charge in [0.25, 0.3) is 0 Å². The fourth-order valence-electron chi connectivity index (χ4n) is 4.54. The van der Waals surface area contributed by atoms with Crippen LogP contribution in [0.15, 0.2) is 14.6 Å². The largest absolute Gasteiger partial charge is 0.354 e. The molecule has 2 amide bonds. The van der Waals surface area contributed by atoms with E-state index in [2.05, 4.69) is 15.7 Å². The standard InChI is InChI=1S/C20H23FN4O2S2/c1-25-8-7-16-15(10-25)17(21)19(28-16)29(22,27)24-20(26)23-18-13-4-2-3-11(13)9-12-5-6-14(12)18/h9H,2-8,10H2,1H3,(H3,22,23,24,26,27)/t29-/m0/s1. The summed E-state index contributed by atoms with van der Waals surface area (Å²) in [6.07, 6.45) is 5.59. The third kappa shape index (κ3) is 3.20. The lowest BCUT2D eigenvalue weighted by molar-refractivity contribution is 0.260. The van der Waals surface area contributed by atoms with Gasteiger partial charge in [-0.3, -0.25) is 0 Å². The van der Waals surface area contributed by atoms with Crippen molar-refractivity contribution in [1.29, 1.82) is 0 Å². The summed E-state index contributed by atoms with van der Waals surface area (Å²) in [6.45, 7) is 1.25. The first-order chi connectivity index (χ1) is 13.8. The van der Waals surface area contributed by atoms with Crippen LogP contribution < -0.4 is 10.5 Å². The Morgan fingerprint density at radius 3 is 2.72 bits per heavy atom. The minimum atomic E-state index is -3.65. The first-order valence-corrected chi connectivity index (χ1v) is 12.2. The number of nitrogens with one attached hydrogen (secondary N) is 1. The van der Waals surface area contributed by atoms with E-state index in [4.69, 9.17) is 5.14 Å². The molecule has 0 spiro atoms. The summed E-state index contributed by atoms with van der Waals surface area (Å²) in [7, 11) is -1.74. The molecule has 0 saturated heterocycles. The highest BCUT2D eigenvalue weighted by Gasteiger charge is 2.29. The van der Waals surface area contributed by atoms with Crippen LogP contribution in [-0.2, 0) is 48.6 Å². The molecule has 9 heteroatoms. The normalized spacial score (nSPS) is 19.6. The van der Waals surface area contributed by atoms with Gasteiger partial charge in [-0.25, -0.2) is 18.5 Å². The van der Waals surface area contributed by atoms with E-state index in [0.29, 0.717) is 18.5 Å². The summed E-state index contributed by atoms with van der Waals surface area (Å²) in [5.41, 5.74) is 6.14. The van der Waals surface area contributed by atoms with Crippen molar-refractivity contribution in [3.63, 3.8) is 0 Å². The van der Waals surface area contributed by atoms with Crippen LogP contribution >= 0.6 is 11.3 Å². The topological polar surface area (TPSA) is 87.8 Å². The van der Waals surface area contributed by atoms with E-state index in [9.17, 15) is 13.4 Å². The number of halogens is 1. The molecule has 1 aliphatic heterocycles. The zero-order valence-corrected chi connectivity index (χ0v) is 17.8. The van der Waals surface area contributed by atoms with Gasteiger partial charge in [-0.2, -0.15) is 0 Å². The van der Waals surface area contributed by atoms with Crippen LogP contribution in [0.1, 0.15) is 39.1 Å². The number of rotatable bonds is 2. The number of hydrogen-bond acceptors (Lipinski definition) is 4. The summed E-state index contributed by atoms with van der Waals surface area (Å²) in [5.74, 6) is -0.578. The number of urea groups is 1. The van der Waals surface area contributed by atoms with Crippen LogP contribution in [0, 0.1) is 5.82 Å². The van der Waals surface area contributed by atoms with E-state index in [1.807, 2.05) is 11.9 Å². The summed E-state index contributed by atoms with van der Waals surface area (Å²) in [5, 5.41) is 8.72. The fraction of sp³-hybridized carbons (Fsp3) is 0.450. The SMILES string of the molecule is CN1CCc2sc([S@@](N)(=O)=NC(=O)Nc3c4c(cc5c3CC5)CCC4)c(F)c2C1. The molecule has 3 N–H and O–H groups in total. The molecule has 0 saturated carbocycles. The van der Waals surface area contributed by atoms with Crippen molar-refractivity contribution in [3.8, 4) is 0 Å². The Kier molecular flexibility index (Phi) is 4.54. The molecule has 1 aromatic carbocycles. The van der Waals surface area contributed by atoms with Gasteiger partial charge in [-0.15, -0.1) is 15.7 Å². The maximum absolute atomic E-state index is 14.9. The Labute approximate surface area is 173 Å². The maximum Gasteiger partial charge on any atom is 0.354 e. The number of benzene rings is 1. The molecule has 2 heterocycles. The van der Waals surface area contributed by atoms with Crippen LogP contribution in [-0.4, -0.2) is 28.7 Å². The number of fused-ring (bicyclic) bond motifs is 3. The Bertz CT molecular complexity index is 1160. The van der Waals surface area contributed by atoms with Crippen LogP contribution in [0.5, 0.6) is 0 Å². The van der Waals surface area contributed by atoms with Crippen LogP contribution in [0.4, 0.5) is 14.9 Å². The lowest BCUT2D eigenvalue weighted by Gasteiger charge is -2.25. The predicted molar refractivity (Wildman–Crippen MR) is 112 cm³/mol. The highest BCUT2D eigenvalue weighted by molar-refractivity contribution is 7.93. The molecule has 6 nitrogen and oxygen atoms in total. The molecule has 1 aromatic heterocycles. The van der Waals surface area contributed by atoms with Gasteiger partial charge in [0.1, 0.15) is 0 Å². The molecule has 154 valence electrons. The van der Waals surface area contributed by atoms with E-state index >= 15 is 0 Å². The number of anilines is 1. The number of nitrogens with zero attached hydrogens (tertiary/aromatic N) is 2. The van der Waals surface area contributed by atoms with Gasteiger partial charge in [-0.05, 0) is 67.8 Å². The van der Waals surface area contributed by atoms with Crippen molar-refractivity contribution >= 4 is 33.0 Å². The van der Waals surface area contributed by atoms with E-state index in [0.717, 1.165) is 71.7 Å². The molecule has 29 heavy (non-hydrogen) atoms. The molecule has 1 atom stereocenters. The Morgan fingerprint density at radius 1 is 1.21 bits per heavy atom. The Morgan fingerprint density at radius 2 is 1.97 bits per heavy atom. The van der Waals surface area contributed by atoms with Gasteiger partial charge in [0.15, 0.2) is 19.9 Å². The average Bonchev–Trinajstić information content (AvgIpc) is 3.22. The van der Waals surface area contributed by atoms with Gasteiger partial charge in [0, 0.05) is 29.2 Å². The quantitative estimate of drug-likeness (QED) is 0.759. The number of carbonyl (C=O) groups excluding carboxylic acids is 1. The third-order valence-electron chi connectivity index (χ3n) is 6.11. The Hall–Kier alpha value is -1.81. The van der Waals surface area contributed by atoms with Gasteiger partial charge >= 0.3 is 6.03 Å². The number of hydrogen-bond donors (Lipinski definition) is 2. The minimum Gasteiger partial charge on any atom is -0.305 e. The fourth-order valence-corrected chi connectivity index (χ4v) is 7.10. The molecule has 2 aromatic rings. The molecule has 0 bridgehead atoms. The zero-order chi connectivity index (χ0) is 20.3. The molecule has 5 rings (SSSR count). The third-order valence-corrected chi connectivity index (χ3v) is 9.28. The highest BCUT2D eigenvalue weighted by Crippen LogP contribution is 2.40. The number of aryl methyl sites for hydroxylation is 2. The summed E-state index contributed by atoms with van der Waals surface area (Å²) in [6, 6.07) is 1.47. The number of thiophene rings is 1. The first kappa shape index (κ1) is 19.2.